The molecule has 34 heavy (non-hydrogen) atoms. The van der Waals surface area contributed by atoms with Gasteiger partial charge < -0.3 is 30.5 Å². The summed E-state index contributed by atoms with van der Waals surface area (Å²) in [5.41, 5.74) is 5.11. The Hall–Kier alpha value is -1.13. The predicted octanol–water partition coefficient (Wildman–Crippen LogP) is 2.37. The molecular formula is C23H42NO9P. The van der Waals surface area contributed by atoms with Gasteiger partial charge in [-0.2, -0.15) is 0 Å². The van der Waals surface area contributed by atoms with Gasteiger partial charge in [-0.25, -0.2) is 4.57 Å². The topological polar surface area (TPSA) is 177 Å². The van der Waals surface area contributed by atoms with Crippen LogP contribution in [0.5, 0.6) is 0 Å². The standard InChI is InChI=1S/C23H42NO9P/c1-16(12-14-21(24)26)11-13-18(17(2)25)9-7-5-3-4-6-8-10-19-22(27)23(28)20(33-19)15-32-34(29,30)31/h12,14,16,18-20,22-23,27-28H,3-11,13,15H2,1-2H3,(H2,24,26)(H2,29,30,31)/b14-12-/t16-,18-,19?,20?,22?,23?/m1/s1. The van der Waals surface area contributed by atoms with Crippen molar-refractivity contribution in [1.82, 2.24) is 0 Å². The second-order valence-corrected chi connectivity index (χ2v) is 10.5. The summed E-state index contributed by atoms with van der Waals surface area (Å²) in [4.78, 5) is 40.2. The number of hydrogen-bond acceptors (Lipinski definition) is 7. The Bertz CT molecular complexity index is 696. The number of allylic oxidation sites excluding steroid dienone is 1. The van der Waals surface area contributed by atoms with Crippen molar-refractivity contribution in [1.29, 1.82) is 0 Å². The van der Waals surface area contributed by atoms with Gasteiger partial charge in [0.05, 0.1) is 12.7 Å². The zero-order chi connectivity index (χ0) is 25.7. The van der Waals surface area contributed by atoms with Crippen LogP contribution in [0, 0.1) is 11.8 Å². The molecule has 6 atom stereocenters. The van der Waals surface area contributed by atoms with E-state index in [1.807, 2.05) is 6.92 Å². The Balaban J connectivity index is 2.17. The van der Waals surface area contributed by atoms with Gasteiger partial charge in [0.1, 0.15) is 24.1 Å². The second-order valence-electron chi connectivity index (χ2n) is 9.30. The third kappa shape index (κ3) is 13.1. The van der Waals surface area contributed by atoms with Gasteiger partial charge in [-0.1, -0.05) is 51.5 Å². The molecule has 6 N–H and O–H groups in total. The van der Waals surface area contributed by atoms with Crippen molar-refractivity contribution in [3.8, 4) is 0 Å². The van der Waals surface area contributed by atoms with Crippen LogP contribution in [0.15, 0.2) is 12.2 Å². The van der Waals surface area contributed by atoms with Gasteiger partial charge in [0, 0.05) is 5.92 Å². The number of amides is 1. The van der Waals surface area contributed by atoms with Crippen molar-refractivity contribution in [2.24, 2.45) is 17.6 Å². The number of ketones is 1. The van der Waals surface area contributed by atoms with Crippen LogP contribution in [0.1, 0.15) is 78.1 Å². The lowest BCUT2D eigenvalue weighted by Gasteiger charge is -2.15. The number of hydrogen-bond donors (Lipinski definition) is 5. The van der Waals surface area contributed by atoms with Gasteiger partial charge in [-0.15, -0.1) is 0 Å². The monoisotopic (exact) mass is 507 g/mol. The fourth-order valence-corrected chi connectivity index (χ4v) is 4.53. The molecule has 198 valence electrons. The second kappa shape index (κ2) is 15.8. The van der Waals surface area contributed by atoms with Crippen LogP contribution < -0.4 is 5.73 Å². The van der Waals surface area contributed by atoms with E-state index in [0.717, 1.165) is 57.8 Å². The lowest BCUT2D eigenvalue weighted by molar-refractivity contribution is -0.121. The van der Waals surface area contributed by atoms with E-state index >= 15 is 0 Å². The molecule has 0 bridgehead atoms. The minimum atomic E-state index is -4.66. The van der Waals surface area contributed by atoms with Crippen LogP contribution in [-0.4, -0.2) is 62.7 Å². The lowest BCUT2D eigenvalue weighted by Crippen LogP contribution is -2.34. The molecule has 0 aromatic heterocycles. The molecule has 1 heterocycles. The summed E-state index contributed by atoms with van der Waals surface area (Å²) < 4.78 is 20.7. The molecular weight excluding hydrogens is 465 g/mol. The van der Waals surface area contributed by atoms with Gasteiger partial charge in [-0.3, -0.25) is 14.1 Å². The van der Waals surface area contributed by atoms with Crippen LogP contribution in [0.3, 0.4) is 0 Å². The lowest BCUT2D eigenvalue weighted by atomic mass is 9.89. The number of rotatable bonds is 18. The molecule has 1 fully saturated rings. The van der Waals surface area contributed by atoms with Crippen molar-refractivity contribution in [3.05, 3.63) is 12.2 Å². The van der Waals surface area contributed by atoms with Gasteiger partial charge in [0.2, 0.25) is 5.91 Å². The number of nitrogens with two attached hydrogens (primary N) is 1. The molecule has 0 spiro atoms. The van der Waals surface area contributed by atoms with Crippen molar-refractivity contribution in [2.45, 2.75) is 102 Å². The molecule has 1 rings (SSSR count). The van der Waals surface area contributed by atoms with E-state index in [0.29, 0.717) is 6.42 Å². The normalized spacial score (nSPS) is 25.0. The zero-order valence-electron chi connectivity index (χ0n) is 20.3. The smallest absolute Gasteiger partial charge is 0.388 e. The molecule has 11 heteroatoms. The fraction of sp³-hybridized carbons (Fsp3) is 0.826. The summed E-state index contributed by atoms with van der Waals surface area (Å²) in [6.07, 6.45) is 8.08. The van der Waals surface area contributed by atoms with E-state index in [1.165, 1.54) is 6.08 Å². The first-order valence-electron chi connectivity index (χ1n) is 12.1. The third-order valence-electron chi connectivity index (χ3n) is 6.29. The largest absolute Gasteiger partial charge is 0.469 e. The van der Waals surface area contributed by atoms with Crippen LogP contribution >= 0.6 is 7.82 Å². The Morgan fingerprint density at radius 3 is 2.18 bits per heavy atom. The quantitative estimate of drug-likeness (QED) is 0.106. The van der Waals surface area contributed by atoms with Gasteiger partial charge >= 0.3 is 7.82 Å². The highest BCUT2D eigenvalue weighted by molar-refractivity contribution is 7.46. The van der Waals surface area contributed by atoms with Crippen molar-refractivity contribution < 1.29 is 43.4 Å². The van der Waals surface area contributed by atoms with Gasteiger partial charge in [0.25, 0.3) is 0 Å². The minimum absolute atomic E-state index is 0.0411. The van der Waals surface area contributed by atoms with E-state index in [2.05, 4.69) is 4.52 Å². The summed E-state index contributed by atoms with van der Waals surface area (Å²) in [7, 11) is -4.66. The Labute approximate surface area is 202 Å². The number of ether oxygens (including phenoxy) is 1. The number of carbonyl (C=O) groups excluding carboxylic acids is 2. The first-order valence-corrected chi connectivity index (χ1v) is 13.6. The van der Waals surface area contributed by atoms with Crippen molar-refractivity contribution in [2.75, 3.05) is 6.61 Å². The van der Waals surface area contributed by atoms with E-state index in [-0.39, 0.29) is 17.6 Å². The maximum absolute atomic E-state index is 11.9. The molecule has 1 amide bonds. The summed E-state index contributed by atoms with van der Waals surface area (Å²) in [5, 5.41) is 20.1. The molecule has 1 aliphatic rings. The number of phosphoric ester groups is 1. The zero-order valence-corrected chi connectivity index (χ0v) is 21.1. The van der Waals surface area contributed by atoms with Crippen LogP contribution in [0.25, 0.3) is 0 Å². The maximum atomic E-state index is 11.9. The first-order chi connectivity index (χ1) is 15.9. The summed E-state index contributed by atoms with van der Waals surface area (Å²) in [5.74, 6) is -0.0181. The molecule has 0 aliphatic carbocycles. The van der Waals surface area contributed by atoms with E-state index in [1.54, 1.807) is 13.0 Å². The SMILES string of the molecule is CC(=O)[C@H](CCCCCCCCC1OC(COP(=O)(O)O)C(O)C1O)CC[C@@H](C)/C=C\C(N)=O. The molecule has 1 saturated heterocycles. The van der Waals surface area contributed by atoms with Crippen LogP contribution in [0.4, 0.5) is 0 Å². The first kappa shape index (κ1) is 30.9. The van der Waals surface area contributed by atoms with Crippen molar-refractivity contribution in [3.63, 3.8) is 0 Å². The molecule has 0 aromatic carbocycles. The van der Waals surface area contributed by atoms with E-state index < -0.39 is 44.8 Å². The third-order valence-corrected chi connectivity index (χ3v) is 6.78. The summed E-state index contributed by atoms with van der Waals surface area (Å²) in [6.45, 7) is 3.15. The number of unbranched alkanes of at least 4 members (excludes halogenated alkanes) is 5. The number of carbonyl (C=O) groups is 2. The van der Waals surface area contributed by atoms with Crippen molar-refractivity contribution >= 4 is 19.5 Å². The number of Topliss-reactive ketones (excluding diaryl/α,β-unsaturated/α-hetero) is 1. The van der Waals surface area contributed by atoms with Gasteiger partial charge in [0.15, 0.2) is 0 Å². The molecule has 4 unspecified atom stereocenters. The Kier molecular flexibility index (Phi) is 14.3. The fourth-order valence-electron chi connectivity index (χ4n) is 4.19. The summed E-state index contributed by atoms with van der Waals surface area (Å²) in [6, 6.07) is 0. The number of phosphoric acid groups is 1. The predicted molar refractivity (Wildman–Crippen MR) is 127 cm³/mol. The van der Waals surface area contributed by atoms with Crippen LogP contribution in [-0.2, 0) is 23.4 Å². The molecule has 1 aliphatic heterocycles. The highest BCUT2D eigenvalue weighted by atomic mass is 31.2. The maximum Gasteiger partial charge on any atom is 0.469 e. The number of aliphatic hydroxyl groups excluding tert-OH is 2. The number of aliphatic hydroxyl groups is 2. The highest BCUT2D eigenvalue weighted by Gasteiger charge is 2.42. The average Bonchev–Trinajstić information content (AvgIpc) is 3.01. The van der Waals surface area contributed by atoms with E-state index in [4.69, 9.17) is 20.3 Å². The Morgan fingerprint density at radius 1 is 1.00 bits per heavy atom. The average molecular weight is 508 g/mol. The highest BCUT2D eigenvalue weighted by Crippen LogP contribution is 2.37. The molecule has 0 radical (unpaired) electrons. The molecule has 0 saturated carbocycles. The van der Waals surface area contributed by atoms with Crippen LogP contribution in [0.2, 0.25) is 0 Å². The minimum Gasteiger partial charge on any atom is -0.388 e. The number of primary amides is 1. The Morgan fingerprint density at radius 2 is 1.59 bits per heavy atom. The summed E-state index contributed by atoms with van der Waals surface area (Å²) >= 11 is 0. The van der Waals surface area contributed by atoms with Gasteiger partial charge in [-0.05, 0) is 44.6 Å². The molecule has 10 nitrogen and oxygen atoms in total. The molecule has 0 aromatic rings. The van der Waals surface area contributed by atoms with E-state index in [9.17, 15) is 24.4 Å².